The minimum absolute atomic E-state index is 0.225. The molecule has 7 nitrogen and oxygen atoms in total. The first-order valence-corrected chi connectivity index (χ1v) is 6.13. The summed E-state index contributed by atoms with van der Waals surface area (Å²) in [7, 11) is 3.24. The first kappa shape index (κ1) is 14.1. The highest BCUT2D eigenvalue weighted by Gasteiger charge is 2.14. The minimum atomic E-state index is -0.384. The van der Waals surface area contributed by atoms with Gasteiger partial charge in [-0.1, -0.05) is 12.1 Å². The van der Waals surface area contributed by atoms with Crippen LogP contribution in [0.5, 0.6) is 0 Å². The Bertz CT molecular complexity index is 609. The van der Waals surface area contributed by atoms with Gasteiger partial charge in [0.05, 0.1) is 19.2 Å². The zero-order chi connectivity index (χ0) is 14.5. The van der Waals surface area contributed by atoms with Crippen LogP contribution in [0.4, 0.5) is 0 Å². The number of esters is 1. The molecule has 0 saturated carbocycles. The summed E-state index contributed by atoms with van der Waals surface area (Å²) in [4.78, 5) is 13.4. The number of hydrogen-bond donors (Lipinski definition) is 0. The van der Waals surface area contributed by atoms with Crippen LogP contribution in [0, 0.1) is 6.92 Å². The van der Waals surface area contributed by atoms with Gasteiger partial charge in [-0.05, 0) is 23.8 Å². The quantitative estimate of drug-likeness (QED) is 0.598. The Hall–Kier alpha value is -2.28. The number of nitrogens with zero attached hydrogens (tertiary/aromatic N) is 4. The van der Waals surface area contributed by atoms with Gasteiger partial charge in [-0.2, -0.15) is 4.80 Å². The average Bonchev–Trinajstić information content (AvgIpc) is 2.86. The third-order valence-corrected chi connectivity index (χ3v) is 2.74. The van der Waals surface area contributed by atoms with Crippen LogP contribution in [0.15, 0.2) is 18.2 Å². The van der Waals surface area contributed by atoms with Crippen LogP contribution in [0.3, 0.4) is 0 Å². The Kier molecular flexibility index (Phi) is 4.41. The molecule has 0 amide bonds. The zero-order valence-corrected chi connectivity index (χ0v) is 11.7. The number of tetrazole rings is 1. The fourth-order valence-corrected chi connectivity index (χ4v) is 1.68. The summed E-state index contributed by atoms with van der Waals surface area (Å²) in [5.41, 5.74) is 2.05. The molecule has 1 aromatic carbocycles. The summed E-state index contributed by atoms with van der Waals surface area (Å²) >= 11 is 0. The van der Waals surface area contributed by atoms with E-state index in [2.05, 4.69) is 15.4 Å². The zero-order valence-electron chi connectivity index (χ0n) is 11.7. The fraction of sp³-hybridized carbons (Fsp3) is 0.385. The van der Waals surface area contributed by atoms with E-state index in [9.17, 15) is 4.79 Å². The second-order valence-electron chi connectivity index (χ2n) is 4.26. The van der Waals surface area contributed by atoms with Crippen molar-refractivity contribution in [1.29, 1.82) is 0 Å². The molecule has 2 aromatic rings. The monoisotopic (exact) mass is 276 g/mol. The standard InChI is InChI=1S/C13H16N4O3/c1-9-4-5-10(12-14-16-17(2)15-12)8-11(9)13(18)20-7-6-19-3/h4-5,8H,6-7H2,1-3H3. The van der Waals surface area contributed by atoms with E-state index in [0.29, 0.717) is 18.0 Å². The molecular formula is C13H16N4O3. The molecule has 1 aromatic heterocycles. The van der Waals surface area contributed by atoms with Gasteiger partial charge < -0.3 is 9.47 Å². The lowest BCUT2D eigenvalue weighted by Gasteiger charge is -2.07. The molecule has 7 heteroatoms. The lowest BCUT2D eigenvalue weighted by Crippen LogP contribution is -2.11. The van der Waals surface area contributed by atoms with Crippen molar-refractivity contribution in [2.75, 3.05) is 20.3 Å². The summed E-state index contributed by atoms with van der Waals surface area (Å²) in [5.74, 6) is 0.0868. The first-order valence-electron chi connectivity index (χ1n) is 6.13. The van der Waals surface area contributed by atoms with Crippen LogP contribution in [-0.4, -0.2) is 46.5 Å². The molecule has 0 N–H and O–H groups in total. The van der Waals surface area contributed by atoms with Crippen LogP contribution < -0.4 is 0 Å². The van der Waals surface area contributed by atoms with Crippen LogP contribution >= 0.6 is 0 Å². The Morgan fingerprint density at radius 3 is 2.80 bits per heavy atom. The highest BCUT2D eigenvalue weighted by atomic mass is 16.6. The van der Waals surface area contributed by atoms with Crippen molar-refractivity contribution in [2.24, 2.45) is 7.05 Å². The third kappa shape index (κ3) is 3.18. The van der Waals surface area contributed by atoms with Gasteiger partial charge in [-0.25, -0.2) is 4.79 Å². The first-order chi connectivity index (χ1) is 9.61. The van der Waals surface area contributed by atoms with Crippen molar-refractivity contribution >= 4 is 5.97 Å². The van der Waals surface area contributed by atoms with Gasteiger partial charge in [0, 0.05) is 12.7 Å². The molecule has 0 radical (unpaired) electrons. The van der Waals surface area contributed by atoms with Crippen LogP contribution in [0.25, 0.3) is 11.4 Å². The molecule has 0 saturated heterocycles. The maximum absolute atomic E-state index is 12.0. The average molecular weight is 276 g/mol. The highest BCUT2D eigenvalue weighted by Crippen LogP contribution is 2.19. The minimum Gasteiger partial charge on any atom is -0.460 e. The van der Waals surface area contributed by atoms with Crippen molar-refractivity contribution < 1.29 is 14.3 Å². The van der Waals surface area contributed by atoms with Crippen molar-refractivity contribution in [3.63, 3.8) is 0 Å². The van der Waals surface area contributed by atoms with Crippen molar-refractivity contribution in [2.45, 2.75) is 6.92 Å². The van der Waals surface area contributed by atoms with E-state index in [4.69, 9.17) is 9.47 Å². The van der Waals surface area contributed by atoms with Crippen molar-refractivity contribution in [1.82, 2.24) is 20.2 Å². The normalized spacial score (nSPS) is 10.6. The smallest absolute Gasteiger partial charge is 0.338 e. The van der Waals surface area contributed by atoms with E-state index in [1.54, 1.807) is 20.2 Å². The Morgan fingerprint density at radius 1 is 1.35 bits per heavy atom. The topological polar surface area (TPSA) is 79.1 Å². The largest absolute Gasteiger partial charge is 0.460 e. The van der Waals surface area contributed by atoms with E-state index >= 15 is 0 Å². The summed E-state index contributed by atoms with van der Waals surface area (Å²) in [6.07, 6.45) is 0. The molecule has 2 rings (SSSR count). The van der Waals surface area contributed by atoms with Gasteiger partial charge in [0.25, 0.3) is 0 Å². The summed E-state index contributed by atoms with van der Waals surface area (Å²) in [5, 5.41) is 11.8. The van der Waals surface area contributed by atoms with E-state index in [1.165, 1.54) is 4.80 Å². The number of rotatable bonds is 5. The second kappa shape index (κ2) is 6.25. The van der Waals surface area contributed by atoms with Crippen molar-refractivity contribution in [3.05, 3.63) is 29.3 Å². The molecule has 0 bridgehead atoms. The van der Waals surface area contributed by atoms with E-state index in [1.807, 2.05) is 19.1 Å². The molecule has 0 aliphatic rings. The molecule has 106 valence electrons. The highest BCUT2D eigenvalue weighted by molar-refractivity contribution is 5.92. The number of aromatic nitrogens is 4. The molecule has 1 heterocycles. The van der Waals surface area contributed by atoms with E-state index in [0.717, 1.165) is 11.1 Å². The summed E-state index contributed by atoms with van der Waals surface area (Å²) < 4.78 is 9.97. The van der Waals surface area contributed by atoms with Gasteiger partial charge in [-0.15, -0.1) is 10.2 Å². The predicted molar refractivity (Wildman–Crippen MR) is 71.1 cm³/mol. The lowest BCUT2D eigenvalue weighted by atomic mass is 10.0. The van der Waals surface area contributed by atoms with E-state index < -0.39 is 0 Å². The van der Waals surface area contributed by atoms with E-state index in [-0.39, 0.29) is 12.6 Å². The van der Waals surface area contributed by atoms with Gasteiger partial charge in [0.15, 0.2) is 0 Å². The number of aryl methyl sites for hydroxylation is 2. The second-order valence-corrected chi connectivity index (χ2v) is 4.26. The fourth-order valence-electron chi connectivity index (χ4n) is 1.68. The molecule has 0 fully saturated rings. The molecule has 0 aliphatic carbocycles. The molecule has 0 aliphatic heterocycles. The lowest BCUT2D eigenvalue weighted by molar-refractivity contribution is 0.0387. The Labute approximate surface area is 116 Å². The number of methoxy groups -OCH3 is 1. The van der Waals surface area contributed by atoms with Gasteiger partial charge >= 0.3 is 5.97 Å². The Balaban J connectivity index is 2.22. The molecule has 0 unspecified atom stereocenters. The number of hydrogen-bond acceptors (Lipinski definition) is 6. The van der Waals surface area contributed by atoms with Crippen LogP contribution in [0.1, 0.15) is 15.9 Å². The molecule has 0 atom stereocenters. The van der Waals surface area contributed by atoms with Gasteiger partial charge in [0.2, 0.25) is 5.82 Å². The SMILES string of the molecule is COCCOC(=O)c1cc(-c2nnn(C)n2)ccc1C. The predicted octanol–water partition coefficient (Wildman–Crippen LogP) is 0.989. The number of carbonyl (C=O) groups is 1. The third-order valence-electron chi connectivity index (χ3n) is 2.74. The molecule has 0 spiro atoms. The molecule has 20 heavy (non-hydrogen) atoms. The number of carbonyl (C=O) groups excluding carboxylic acids is 1. The molecular weight excluding hydrogens is 260 g/mol. The summed E-state index contributed by atoms with van der Waals surface area (Å²) in [6.45, 7) is 2.44. The Morgan fingerprint density at radius 2 is 2.15 bits per heavy atom. The maximum Gasteiger partial charge on any atom is 0.338 e. The number of ether oxygens (including phenoxy) is 2. The van der Waals surface area contributed by atoms with Gasteiger partial charge in [-0.3, -0.25) is 0 Å². The maximum atomic E-state index is 12.0. The number of benzene rings is 1. The van der Waals surface area contributed by atoms with Gasteiger partial charge in [0.1, 0.15) is 6.61 Å². The van der Waals surface area contributed by atoms with Crippen LogP contribution in [0.2, 0.25) is 0 Å². The van der Waals surface area contributed by atoms with Crippen molar-refractivity contribution in [3.8, 4) is 11.4 Å². The summed E-state index contributed by atoms with van der Waals surface area (Å²) in [6, 6.07) is 5.39. The van der Waals surface area contributed by atoms with Crippen LogP contribution in [-0.2, 0) is 16.5 Å².